The Bertz CT molecular complexity index is 845. The maximum Gasteiger partial charge on any atom is 0.254 e. The smallest absolute Gasteiger partial charge is 0.254 e. The molecule has 8 heteroatoms. The number of benzene rings is 2. The fourth-order valence-corrected chi connectivity index (χ4v) is 2.95. The molecular weight excluding hydrogens is 431 g/mol. The molecule has 2 rings (SSSR count). The minimum Gasteiger partial charge on any atom is -0.493 e. The molecule has 0 atom stereocenters. The fourth-order valence-electron chi connectivity index (χ4n) is 2.39. The van der Waals surface area contributed by atoms with Crippen LogP contribution < -0.4 is 20.1 Å². The van der Waals surface area contributed by atoms with E-state index >= 15 is 0 Å². The number of halogens is 2. The molecule has 0 saturated heterocycles. The molecule has 0 aliphatic rings. The van der Waals surface area contributed by atoms with Gasteiger partial charge in [0.15, 0.2) is 11.5 Å². The standard InChI is InChI=1S/C20H22BrFN2O4/c1-3-10-28-18-15(21)11-13(12-17(18)27-2)19(25)23-8-9-24-20(26)14-6-4-5-7-16(14)22/h4-7,11-12H,3,8-10H2,1-2H3,(H,23,25)(H,24,26). The molecule has 0 aliphatic heterocycles. The van der Waals surface area contributed by atoms with Gasteiger partial charge in [0.1, 0.15) is 5.82 Å². The summed E-state index contributed by atoms with van der Waals surface area (Å²) in [6.07, 6.45) is 0.844. The van der Waals surface area contributed by atoms with Crippen LogP contribution in [0, 0.1) is 5.82 Å². The molecule has 0 bridgehead atoms. The van der Waals surface area contributed by atoms with E-state index in [0.717, 1.165) is 6.42 Å². The molecule has 0 unspecified atom stereocenters. The van der Waals surface area contributed by atoms with Crippen molar-refractivity contribution in [2.45, 2.75) is 13.3 Å². The zero-order chi connectivity index (χ0) is 20.5. The summed E-state index contributed by atoms with van der Waals surface area (Å²) < 4.78 is 25.1. The van der Waals surface area contributed by atoms with Gasteiger partial charge in [-0.05, 0) is 46.6 Å². The second-order valence-electron chi connectivity index (χ2n) is 5.83. The number of nitrogens with one attached hydrogen (secondary N) is 2. The number of hydrogen-bond acceptors (Lipinski definition) is 4. The lowest BCUT2D eigenvalue weighted by atomic mass is 10.2. The molecule has 0 heterocycles. The molecule has 2 amide bonds. The maximum absolute atomic E-state index is 13.6. The molecule has 0 radical (unpaired) electrons. The van der Waals surface area contributed by atoms with Crippen molar-refractivity contribution in [1.29, 1.82) is 0 Å². The minimum atomic E-state index is -0.591. The largest absolute Gasteiger partial charge is 0.493 e. The van der Waals surface area contributed by atoms with Gasteiger partial charge in [0.2, 0.25) is 0 Å². The molecule has 0 fully saturated rings. The summed E-state index contributed by atoms with van der Waals surface area (Å²) in [6, 6.07) is 8.94. The predicted molar refractivity (Wildman–Crippen MR) is 108 cm³/mol. The fraction of sp³-hybridized carbons (Fsp3) is 0.300. The highest BCUT2D eigenvalue weighted by molar-refractivity contribution is 9.10. The quantitative estimate of drug-likeness (QED) is 0.570. The zero-order valence-corrected chi connectivity index (χ0v) is 17.3. The van der Waals surface area contributed by atoms with Crippen LogP contribution in [0.25, 0.3) is 0 Å². The summed E-state index contributed by atoms with van der Waals surface area (Å²) in [5.74, 6) is -0.472. The summed E-state index contributed by atoms with van der Waals surface area (Å²) in [5, 5.41) is 5.26. The number of hydrogen-bond donors (Lipinski definition) is 2. The third-order valence-corrected chi connectivity index (χ3v) is 4.35. The Kier molecular flexibility index (Phi) is 8.25. The van der Waals surface area contributed by atoms with Crippen LogP contribution in [0.15, 0.2) is 40.9 Å². The minimum absolute atomic E-state index is 0.0369. The van der Waals surface area contributed by atoms with Crippen molar-refractivity contribution in [3.05, 3.63) is 57.8 Å². The lowest BCUT2D eigenvalue weighted by Gasteiger charge is -2.14. The molecule has 2 N–H and O–H groups in total. The highest BCUT2D eigenvalue weighted by Gasteiger charge is 2.16. The number of rotatable bonds is 9. The predicted octanol–water partition coefficient (Wildman–Crippen LogP) is 3.55. The number of ether oxygens (including phenoxy) is 2. The van der Waals surface area contributed by atoms with Gasteiger partial charge in [0.25, 0.3) is 11.8 Å². The van der Waals surface area contributed by atoms with Gasteiger partial charge in [-0.3, -0.25) is 9.59 Å². The van der Waals surface area contributed by atoms with Crippen molar-refractivity contribution in [1.82, 2.24) is 10.6 Å². The Balaban J connectivity index is 1.91. The first-order valence-electron chi connectivity index (χ1n) is 8.79. The lowest BCUT2D eigenvalue weighted by Crippen LogP contribution is -2.35. The van der Waals surface area contributed by atoms with Crippen LogP contribution >= 0.6 is 15.9 Å². The Morgan fingerprint density at radius 3 is 2.43 bits per heavy atom. The van der Waals surface area contributed by atoms with E-state index in [1.165, 1.54) is 25.3 Å². The van der Waals surface area contributed by atoms with E-state index in [0.29, 0.717) is 28.1 Å². The van der Waals surface area contributed by atoms with E-state index in [1.54, 1.807) is 18.2 Å². The van der Waals surface area contributed by atoms with Crippen molar-refractivity contribution >= 4 is 27.7 Å². The summed E-state index contributed by atoms with van der Waals surface area (Å²) in [5.41, 5.74) is 0.346. The first-order valence-corrected chi connectivity index (χ1v) is 9.58. The molecule has 0 saturated carbocycles. The van der Waals surface area contributed by atoms with Crippen LogP contribution in [0.1, 0.15) is 34.1 Å². The van der Waals surface area contributed by atoms with Crippen LogP contribution in [0.3, 0.4) is 0 Å². The Hall–Kier alpha value is -2.61. The molecule has 6 nitrogen and oxygen atoms in total. The first-order chi connectivity index (χ1) is 13.5. The molecule has 0 spiro atoms. The van der Waals surface area contributed by atoms with E-state index in [4.69, 9.17) is 9.47 Å². The van der Waals surface area contributed by atoms with E-state index in [-0.39, 0.29) is 24.6 Å². The average molecular weight is 453 g/mol. The van der Waals surface area contributed by atoms with Gasteiger partial charge in [-0.15, -0.1) is 0 Å². The Morgan fingerprint density at radius 1 is 1.11 bits per heavy atom. The van der Waals surface area contributed by atoms with Crippen molar-refractivity contribution in [3.63, 3.8) is 0 Å². The molecule has 2 aromatic carbocycles. The maximum atomic E-state index is 13.6. The Labute approximate surface area is 171 Å². The van der Waals surface area contributed by atoms with Crippen molar-refractivity contribution in [2.24, 2.45) is 0 Å². The number of amides is 2. The summed E-state index contributed by atoms with van der Waals surface area (Å²) >= 11 is 3.39. The first kappa shape index (κ1) is 21.7. The van der Waals surface area contributed by atoms with E-state index in [2.05, 4.69) is 26.6 Å². The second-order valence-corrected chi connectivity index (χ2v) is 6.68. The van der Waals surface area contributed by atoms with Gasteiger partial charge >= 0.3 is 0 Å². The average Bonchev–Trinajstić information content (AvgIpc) is 2.69. The molecule has 150 valence electrons. The van der Waals surface area contributed by atoms with Gasteiger partial charge in [-0.25, -0.2) is 4.39 Å². The van der Waals surface area contributed by atoms with Gasteiger partial charge in [-0.1, -0.05) is 19.1 Å². The van der Waals surface area contributed by atoms with Crippen molar-refractivity contribution in [2.75, 3.05) is 26.8 Å². The third kappa shape index (κ3) is 5.69. The molecule has 2 aromatic rings. The second kappa shape index (κ2) is 10.7. The number of methoxy groups -OCH3 is 1. The van der Waals surface area contributed by atoms with Gasteiger partial charge in [0, 0.05) is 18.7 Å². The summed E-state index contributed by atoms with van der Waals surface area (Å²) in [6.45, 7) is 2.87. The monoisotopic (exact) mass is 452 g/mol. The van der Waals surface area contributed by atoms with E-state index in [1.807, 2.05) is 6.92 Å². The van der Waals surface area contributed by atoms with E-state index in [9.17, 15) is 14.0 Å². The third-order valence-electron chi connectivity index (χ3n) is 3.76. The highest BCUT2D eigenvalue weighted by atomic mass is 79.9. The molecular formula is C20H22BrFN2O4. The van der Waals surface area contributed by atoms with Crippen molar-refractivity contribution in [3.8, 4) is 11.5 Å². The van der Waals surface area contributed by atoms with Crippen LogP contribution in [-0.2, 0) is 0 Å². The number of carbonyl (C=O) groups is 2. The summed E-state index contributed by atoms with van der Waals surface area (Å²) in [7, 11) is 1.50. The molecule has 0 aliphatic carbocycles. The van der Waals surface area contributed by atoms with Gasteiger partial charge in [-0.2, -0.15) is 0 Å². The van der Waals surface area contributed by atoms with Gasteiger partial charge < -0.3 is 20.1 Å². The molecule has 28 heavy (non-hydrogen) atoms. The van der Waals surface area contributed by atoms with Crippen molar-refractivity contribution < 1.29 is 23.5 Å². The highest BCUT2D eigenvalue weighted by Crippen LogP contribution is 2.36. The van der Waals surface area contributed by atoms with E-state index < -0.39 is 11.7 Å². The zero-order valence-electron chi connectivity index (χ0n) is 15.7. The van der Waals surface area contributed by atoms with Crippen LogP contribution in [0.4, 0.5) is 4.39 Å². The Morgan fingerprint density at radius 2 is 1.79 bits per heavy atom. The normalized spacial score (nSPS) is 10.3. The SMILES string of the molecule is CCCOc1c(Br)cc(C(=O)NCCNC(=O)c2ccccc2F)cc1OC. The summed E-state index contributed by atoms with van der Waals surface area (Å²) in [4.78, 5) is 24.3. The van der Waals surface area contributed by atoms with Crippen LogP contribution in [0.5, 0.6) is 11.5 Å². The van der Waals surface area contributed by atoms with Gasteiger partial charge in [0.05, 0.1) is 23.8 Å². The topological polar surface area (TPSA) is 76.7 Å². The number of carbonyl (C=O) groups excluding carboxylic acids is 2. The lowest BCUT2D eigenvalue weighted by molar-refractivity contribution is 0.0925. The van der Waals surface area contributed by atoms with Crippen LogP contribution in [-0.4, -0.2) is 38.6 Å². The molecule has 0 aromatic heterocycles. The van der Waals surface area contributed by atoms with Crippen LogP contribution in [0.2, 0.25) is 0 Å².